The molecule has 0 spiro atoms. The Morgan fingerprint density at radius 3 is 2.82 bits per heavy atom. The van der Waals surface area contributed by atoms with E-state index in [9.17, 15) is 4.79 Å². The second-order valence-corrected chi connectivity index (χ2v) is 7.62. The number of nitrogens with one attached hydrogen (secondary N) is 1. The zero-order valence-electron chi connectivity index (χ0n) is 15.7. The maximum absolute atomic E-state index is 12.1. The van der Waals surface area contributed by atoms with E-state index >= 15 is 0 Å². The Kier molecular flexibility index (Phi) is 6.82. The fraction of sp³-hybridized carbons (Fsp3) is 0.353. The lowest BCUT2D eigenvalue weighted by Gasteiger charge is -2.07. The molecule has 0 aliphatic carbocycles. The highest BCUT2D eigenvalue weighted by Crippen LogP contribution is 2.21. The van der Waals surface area contributed by atoms with Gasteiger partial charge in [-0.25, -0.2) is 0 Å². The zero-order valence-corrected chi connectivity index (χ0v) is 17.3. The van der Waals surface area contributed by atoms with Gasteiger partial charge in [0.1, 0.15) is 23.1 Å². The number of thioether (sulfide) groups is 1. The molecule has 1 N–H and O–H groups in total. The van der Waals surface area contributed by atoms with Gasteiger partial charge in [-0.15, -0.1) is 20.4 Å². The first-order valence-corrected chi connectivity index (χ1v) is 10.3. The summed E-state index contributed by atoms with van der Waals surface area (Å²) in [6.07, 6.45) is 0.793. The summed E-state index contributed by atoms with van der Waals surface area (Å²) in [5.41, 5.74) is 0. The van der Waals surface area contributed by atoms with Crippen LogP contribution in [0.3, 0.4) is 0 Å². The van der Waals surface area contributed by atoms with Crippen LogP contribution in [0.25, 0.3) is 0 Å². The number of methoxy groups -OCH3 is 1. The normalized spacial score (nSPS) is 10.7. The molecule has 0 bridgehead atoms. The van der Waals surface area contributed by atoms with Crippen LogP contribution in [0.5, 0.6) is 11.5 Å². The van der Waals surface area contributed by atoms with E-state index in [1.54, 1.807) is 17.7 Å². The number of hydrogen-bond acceptors (Lipinski definition) is 9. The van der Waals surface area contributed by atoms with Gasteiger partial charge in [-0.2, -0.15) is 0 Å². The number of hydrogen-bond donors (Lipinski definition) is 1. The zero-order chi connectivity index (χ0) is 19.9. The summed E-state index contributed by atoms with van der Waals surface area (Å²) in [4.78, 5) is 12.1. The van der Waals surface area contributed by atoms with Crippen LogP contribution in [0.2, 0.25) is 0 Å². The molecule has 0 aliphatic heterocycles. The van der Waals surface area contributed by atoms with Crippen molar-refractivity contribution in [3.63, 3.8) is 0 Å². The highest BCUT2D eigenvalue weighted by molar-refractivity contribution is 7.99. The van der Waals surface area contributed by atoms with E-state index in [2.05, 4.69) is 25.7 Å². The van der Waals surface area contributed by atoms with Crippen molar-refractivity contribution in [2.75, 3.05) is 18.2 Å². The van der Waals surface area contributed by atoms with E-state index in [1.807, 2.05) is 32.2 Å². The summed E-state index contributed by atoms with van der Waals surface area (Å²) in [6, 6.07) is 7.34. The van der Waals surface area contributed by atoms with Crippen molar-refractivity contribution in [2.24, 2.45) is 7.05 Å². The molecule has 0 saturated heterocycles. The number of aromatic nitrogens is 5. The molecule has 1 amide bonds. The molecule has 0 radical (unpaired) electrons. The van der Waals surface area contributed by atoms with Crippen molar-refractivity contribution in [1.82, 2.24) is 25.0 Å². The number of ether oxygens (including phenoxy) is 2. The van der Waals surface area contributed by atoms with Crippen molar-refractivity contribution in [1.29, 1.82) is 0 Å². The molecule has 2 aromatic heterocycles. The van der Waals surface area contributed by atoms with Crippen molar-refractivity contribution in [3.8, 4) is 11.5 Å². The van der Waals surface area contributed by atoms with Crippen LogP contribution in [0, 0.1) is 0 Å². The maximum Gasteiger partial charge on any atom is 0.236 e. The second kappa shape index (κ2) is 9.51. The van der Waals surface area contributed by atoms with Crippen LogP contribution in [-0.2, 0) is 24.9 Å². The molecule has 0 aliphatic rings. The smallest absolute Gasteiger partial charge is 0.236 e. The van der Waals surface area contributed by atoms with Gasteiger partial charge < -0.3 is 14.0 Å². The van der Waals surface area contributed by atoms with Gasteiger partial charge >= 0.3 is 0 Å². The highest BCUT2D eigenvalue weighted by atomic mass is 32.2. The molecule has 0 atom stereocenters. The van der Waals surface area contributed by atoms with Gasteiger partial charge in [0.2, 0.25) is 11.0 Å². The van der Waals surface area contributed by atoms with Crippen molar-refractivity contribution in [3.05, 3.63) is 35.1 Å². The van der Waals surface area contributed by atoms with Gasteiger partial charge in [-0.1, -0.05) is 36.1 Å². The third-order valence-corrected chi connectivity index (χ3v) is 5.69. The van der Waals surface area contributed by atoms with E-state index in [-0.39, 0.29) is 18.3 Å². The Labute approximate surface area is 170 Å². The first-order valence-electron chi connectivity index (χ1n) is 8.49. The van der Waals surface area contributed by atoms with Crippen LogP contribution < -0.4 is 14.8 Å². The Hall–Kier alpha value is -2.66. The molecule has 2 heterocycles. The lowest BCUT2D eigenvalue weighted by Crippen LogP contribution is -2.14. The summed E-state index contributed by atoms with van der Waals surface area (Å²) in [7, 11) is 3.44. The van der Waals surface area contributed by atoms with Crippen LogP contribution >= 0.6 is 23.1 Å². The molecule has 3 aromatic rings. The topological polar surface area (TPSA) is 104 Å². The average Bonchev–Trinajstić information content (AvgIpc) is 3.31. The number of amides is 1. The van der Waals surface area contributed by atoms with E-state index in [4.69, 9.17) is 9.47 Å². The van der Waals surface area contributed by atoms with Crippen LogP contribution in [-0.4, -0.2) is 43.7 Å². The maximum atomic E-state index is 12.1. The third kappa shape index (κ3) is 5.20. The highest BCUT2D eigenvalue weighted by Gasteiger charge is 2.13. The monoisotopic (exact) mass is 420 g/mol. The van der Waals surface area contributed by atoms with Gasteiger partial charge in [0.05, 0.1) is 12.9 Å². The van der Waals surface area contributed by atoms with Crippen LogP contribution in [0.4, 0.5) is 5.13 Å². The summed E-state index contributed by atoms with van der Waals surface area (Å²) in [5, 5.41) is 20.9. The minimum atomic E-state index is -0.166. The minimum absolute atomic E-state index is 0.166. The van der Waals surface area contributed by atoms with Gasteiger partial charge in [-0.05, 0) is 18.6 Å². The molecule has 11 heteroatoms. The number of carbonyl (C=O) groups is 1. The van der Waals surface area contributed by atoms with E-state index in [0.717, 1.165) is 17.2 Å². The standard InChI is InChI=1S/C17H20N6O3S2/c1-4-15-20-21-16(28-15)18-14(24)10-27-17-22-19-13(23(17)2)9-26-12-7-5-6-11(8-12)25-3/h5-8H,4,9-10H2,1-3H3,(H,18,21,24). The fourth-order valence-electron chi connectivity index (χ4n) is 2.17. The van der Waals surface area contributed by atoms with E-state index in [1.165, 1.54) is 23.1 Å². The number of nitrogens with zero attached hydrogens (tertiary/aromatic N) is 5. The van der Waals surface area contributed by atoms with E-state index < -0.39 is 0 Å². The first-order chi connectivity index (χ1) is 13.6. The summed E-state index contributed by atoms with van der Waals surface area (Å²) in [6.45, 7) is 2.25. The predicted octanol–water partition coefficient (Wildman–Crippen LogP) is 2.55. The lowest BCUT2D eigenvalue weighted by atomic mass is 10.3. The Bertz CT molecular complexity index is 943. The number of benzene rings is 1. The minimum Gasteiger partial charge on any atom is -0.497 e. The molecule has 0 unspecified atom stereocenters. The molecule has 0 saturated carbocycles. The summed E-state index contributed by atoms with van der Waals surface area (Å²) in [5.74, 6) is 2.09. The van der Waals surface area contributed by atoms with Gasteiger partial charge in [-0.3, -0.25) is 10.1 Å². The largest absolute Gasteiger partial charge is 0.497 e. The van der Waals surface area contributed by atoms with Gasteiger partial charge in [0.25, 0.3) is 0 Å². The molecule has 1 aromatic carbocycles. The molecule has 3 rings (SSSR count). The quantitative estimate of drug-likeness (QED) is 0.527. The van der Waals surface area contributed by atoms with Crippen LogP contribution in [0.15, 0.2) is 29.4 Å². The molecule has 9 nitrogen and oxygen atoms in total. The fourth-order valence-corrected chi connectivity index (χ4v) is 3.59. The molecule has 148 valence electrons. The van der Waals surface area contributed by atoms with Gasteiger partial charge in [0, 0.05) is 13.1 Å². The van der Waals surface area contributed by atoms with E-state index in [0.29, 0.717) is 21.9 Å². The number of aryl methyl sites for hydroxylation is 1. The predicted molar refractivity (Wildman–Crippen MR) is 107 cm³/mol. The first kappa shape index (κ1) is 20.1. The molecule has 28 heavy (non-hydrogen) atoms. The van der Waals surface area contributed by atoms with Crippen molar-refractivity contribution in [2.45, 2.75) is 25.1 Å². The van der Waals surface area contributed by atoms with Gasteiger partial charge in [0.15, 0.2) is 11.0 Å². The SMILES string of the molecule is CCc1nnc(NC(=O)CSc2nnc(COc3cccc(OC)c3)n2C)s1. The number of anilines is 1. The summed E-state index contributed by atoms with van der Waals surface area (Å²) < 4.78 is 12.7. The van der Waals surface area contributed by atoms with Crippen molar-refractivity contribution >= 4 is 34.1 Å². The third-order valence-electron chi connectivity index (χ3n) is 3.68. The Morgan fingerprint density at radius 2 is 2.07 bits per heavy atom. The van der Waals surface area contributed by atoms with Crippen LogP contribution in [0.1, 0.15) is 17.8 Å². The van der Waals surface area contributed by atoms with Crippen molar-refractivity contribution < 1.29 is 14.3 Å². The summed E-state index contributed by atoms with van der Waals surface area (Å²) >= 11 is 2.67. The molecular weight excluding hydrogens is 400 g/mol. The molecule has 0 fully saturated rings. The lowest BCUT2D eigenvalue weighted by molar-refractivity contribution is -0.113. The Balaban J connectivity index is 1.51. The number of rotatable bonds is 9. The Morgan fingerprint density at radius 1 is 1.25 bits per heavy atom. The molecular formula is C17H20N6O3S2. The number of carbonyl (C=O) groups excluding carboxylic acids is 1. The second-order valence-electron chi connectivity index (χ2n) is 5.62. The average molecular weight is 421 g/mol.